The minimum Gasteiger partial charge on any atom is -0.344 e. The lowest BCUT2D eigenvalue weighted by atomic mass is 10.0. The number of halogens is 1. The van der Waals surface area contributed by atoms with Crippen LogP contribution < -0.4 is 4.90 Å². The lowest BCUT2D eigenvalue weighted by Crippen LogP contribution is -2.31. The van der Waals surface area contributed by atoms with Crippen LogP contribution in [0.25, 0.3) is 5.57 Å². The number of ether oxygens (including phenoxy) is 1. The smallest absolute Gasteiger partial charge is 0.187 e. The van der Waals surface area contributed by atoms with Gasteiger partial charge in [-0.3, -0.25) is 9.59 Å². The van der Waals surface area contributed by atoms with E-state index in [2.05, 4.69) is 10.3 Å². The van der Waals surface area contributed by atoms with Gasteiger partial charge in [-0.1, -0.05) is 11.3 Å². The lowest BCUT2D eigenvalue weighted by Gasteiger charge is -2.22. The molecule has 9 nitrogen and oxygen atoms in total. The molecule has 1 saturated heterocycles. The molecule has 1 aromatic heterocycles. The number of aldehydes is 2. The van der Waals surface area contributed by atoms with Crippen molar-refractivity contribution in [1.82, 2.24) is 15.0 Å². The number of hydrogen-bond donors (Lipinski definition) is 0. The quantitative estimate of drug-likeness (QED) is 0.616. The van der Waals surface area contributed by atoms with Crippen LogP contribution in [0.2, 0.25) is 0 Å². The standard InChI is InChI=1S/C19H19FN4O5S/c20-18-7-15(1-2-17(18)13-3-5-30(27,28)6-4-13)24-10-16(29-19(24)12-26)9-23-8-14(11-25)21-22-23/h1-3,7-8,11-12,16,19H,4-6,9-10H2/t16-,19?/m0/s1. The van der Waals surface area contributed by atoms with Gasteiger partial charge in [0.15, 0.2) is 28.6 Å². The third-order valence-corrected chi connectivity index (χ3v) is 6.62. The Balaban J connectivity index is 1.51. The van der Waals surface area contributed by atoms with Gasteiger partial charge >= 0.3 is 0 Å². The molecule has 2 aliphatic rings. The van der Waals surface area contributed by atoms with Crippen LogP contribution in [0.4, 0.5) is 10.1 Å². The molecular formula is C19H19FN4O5S. The van der Waals surface area contributed by atoms with E-state index in [1.54, 1.807) is 23.1 Å². The Morgan fingerprint density at radius 1 is 1.30 bits per heavy atom. The van der Waals surface area contributed by atoms with Gasteiger partial charge in [-0.2, -0.15) is 0 Å². The molecule has 0 aliphatic carbocycles. The molecule has 2 atom stereocenters. The maximum absolute atomic E-state index is 14.8. The summed E-state index contributed by atoms with van der Waals surface area (Å²) in [7, 11) is -3.09. The first-order valence-electron chi connectivity index (χ1n) is 9.30. The molecule has 158 valence electrons. The third kappa shape index (κ3) is 4.17. The second-order valence-electron chi connectivity index (χ2n) is 7.18. The minimum absolute atomic E-state index is 0.00297. The predicted molar refractivity (Wildman–Crippen MR) is 105 cm³/mol. The molecule has 0 radical (unpaired) electrons. The highest BCUT2D eigenvalue weighted by Crippen LogP contribution is 2.31. The van der Waals surface area contributed by atoms with E-state index in [9.17, 15) is 22.4 Å². The average Bonchev–Trinajstić information content (AvgIpc) is 3.35. The number of carbonyl (C=O) groups is 2. The predicted octanol–water partition coefficient (Wildman–Crippen LogP) is 0.862. The number of hydrogen-bond acceptors (Lipinski definition) is 8. The first-order chi connectivity index (χ1) is 14.4. The normalized spacial score (nSPS) is 23.2. The van der Waals surface area contributed by atoms with Gasteiger partial charge in [0, 0.05) is 17.8 Å². The van der Waals surface area contributed by atoms with E-state index in [0.717, 1.165) is 0 Å². The molecule has 30 heavy (non-hydrogen) atoms. The SMILES string of the molecule is O=Cc1cn(C[C@H]2CN(c3ccc(C4=CCS(=O)(=O)CC4)c(F)c3)C(C=O)O2)nn1. The summed E-state index contributed by atoms with van der Waals surface area (Å²) in [5, 5.41) is 7.51. The summed E-state index contributed by atoms with van der Waals surface area (Å²) in [5.74, 6) is -0.576. The molecule has 1 aromatic carbocycles. The van der Waals surface area contributed by atoms with Crippen molar-refractivity contribution >= 4 is 33.7 Å². The first kappa shape index (κ1) is 20.4. The molecule has 4 rings (SSSR count). The van der Waals surface area contributed by atoms with Gasteiger partial charge in [0.1, 0.15) is 11.5 Å². The molecule has 11 heteroatoms. The van der Waals surface area contributed by atoms with Crippen molar-refractivity contribution in [1.29, 1.82) is 0 Å². The Hall–Kier alpha value is -2.92. The summed E-state index contributed by atoms with van der Waals surface area (Å²) in [5.41, 5.74) is 1.69. The van der Waals surface area contributed by atoms with Crippen molar-refractivity contribution in [3.05, 3.63) is 47.5 Å². The molecule has 0 saturated carbocycles. The van der Waals surface area contributed by atoms with Crippen LogP contribution in [0.3, 0.4) is 0 Å². The number of anilines is 1. The Bertz CT molecular complexity index is 1110. The number of sulfone groups is 1. The van der Waals surface area contributed by atoms with E-state index in [4.69, 9.17) is 4.74 Å². The van der Waals surface area contributed by atoms with Crippen LogP contribution in [0, 0.1) is 5.82 Å². The van der Waals surface area contributed by atoms with Crippen molar-refractivity contribution in [2.24, 2.45) is 0 Å². The fraction of sp³-hybridized carbons (Fsp3) is 0.368. The minimum atomic E-state index is -3.09. The molecule has 3 heterocycles. The fourth-order valence-corrected chi connectivity index (χ4v) is 4.78. The van der Waals surface area contributed by atoms with Crippen molar-refractivity contribution < 1.29 is 27.1 Å². The zero-order valence-corrected chi connectivity index (χ0v) is 16.7. The summed E-state index contributed by atoms with van der Waals surface area (Å²) in [6, 6.07) is 4.60. The number of rotatable bonds is 6. The Kier molecular flexibility index (Phi) is 5.48. The summed E-state index contributed by atoms with van der Waals surface area (Å²) in [6.07, 6.45) is 3.22. The molecule has 0 spiro atoms. The van der Waals surface area contributed by atoms with Crippen molar-refractivity contribution in [3.63, 3.8) is 0 Å². The number of nitrogens with zero attached hydrogens (tertiary/aromatic N) is 4. The fourth-order valence-electron chi connectivity index (χ4n) is 3.63. The van der Waals surface area contributed by atoms with Crippen LogP contribution in [0.5, 0.6) is 0 Å². The number of carbonyl (C=O) groups excluding carboxylic acids is 2. The highest BCUT2D eigenvalue weighted by molar-refractivity contribution is 7.91. The topological polar surface area (TPSA) is 111 Å². The maximum Gasteiger partial charge on any atom is 0.187 e. The van der Waals surface area contributed by atoms with Crippen molar-refractivity contribution in [2.45, 2.75) is 25.3 Å². The van der Waals surface area contributed by atoms with Gasteiger partial charge in [-0.25, -0.2) is 17.5 Å². The van der Waals surface area contributed by atoms with Crippen LogP contribution in [-0.4, -0.2) is 66.4 Å². The second kappa shape index (κ2) is 8.07. The van der Waals surface area contributed by atoms with E-state index >= 15 is 0 Å². The zero-order valence-electron chi connectivity index (χ0n) is 15.8. The number of benzene rings is 1. The van der Waals surface area contributed by atoms with Gasteiger partial charge in [-0.15, -0.1) is 5.10 Å². The van der Waals surface area contributed by atoms with E-state index in [0.29, 0.717) is 35.9 Å². The van der Waals surface area contributed by atoms with E-state index < -0.39 is 28.0 Å². The molecule has 1 fully saturated rings. The summed E-state index contributed by atoms with van der Waals surface area (Å²) >= 11 is 0. The van der Waals surface area contributed by atoms with E-state index in [1.807, 2.05) is 0 Å². The van der Waals surface area contributed by atoms with Crippen LogP contribution in [-0.2, 0) is 25.9 Å². The molecule has 1 unspecified atom stereocenters. The summed E-state index contributed by atoms with van der Waals surface area (Å²) in [6.45, 7) is 0.600. The largest absolute Gasteiger partial charge is 0.344 e. The lowest BCUT2D eigenvalue weighted by molar-refractivity contribution is -0.117. The molecule has 2 aliphatic heterocycles. The average molecular weight is 434 g/mol. The van der Waals surface area contributed by atoms with Gasteiger partial charge in [0.2, 0.25) is 0 Å². The maximum atomic E-state index is 14.8. The summed E-state index contributed by atoms with van der Waals surface area (Å²) in [4.78, 5) is 23.9. The Morgan fingerprint density at radius 3 is 2.77 bits per heavy atom. The molecular weight excluding hydrogens is 415 g/mol. The summed E-state index contributed by atoms with van der Waals surface area (Å²) < 4.78 is 45.1. The van der Waals surface area contributed by atoms with Crippen LogP contribution in [0.1, 0.15) is 22.5 Å². The Morgan fingerprint density at radius 2 is 2.13 bits per heavy atom. The zero-order chi connectivity index (χ0) is 21.3. The van der Waals surface area contributed by atoms with E-state index in [1.165, 1.54) is 16.9 Å². The highest BCUT2D eigenvalue weighted by atomic mass is 32.2. The van der Waals surface area contributed by atoms with Crippen LogP contribution in [0.15, 0.2) is 30.5 Å². The van der Waals surface area contributed by atoms with Crippen molar-refractivity contribution in [2.75, 3.05) is 23.0 Å². The van der Waals surface area contributed by atoms with Crippen LogP contribution >= 0.6 is 0 Å². The van der Waals surface area contributed by atoms with Gasteiger partial charge in [0.25, 0.3) is 0 Å². The third-order valence-electron chi connectivity index (χ3n) is 5.12. The molecule has 0 amide bonds. The van der Waals surface area contributed by atoms with Gasteiger partial charge in [-0.05, 0) is 30.2 Å². The highest BCUT2D eigenvalue weighted by Gasteiger charge is 2.34. The second-order valence-corrected chi connectivity index (χ2v) is 9.41. The monoisotopic (exact) mass is 434 g/mol. The molecule has 0 N–H and O–H groups in total. The molecule has 0 bridgehead atoms. The first-order valence-corrected chi connectivity index (χ1v) is 11.1. The number of aromatic nitrogens is 3. The van der Waals surface area contributed by atoms with E-state index in [-0.39, 0.29) is 30.2 Å². The van der Waals surface area contributed by atoms with Gasteiger partial charge < -0.3 is 9.64 Å². The Labute approximate surface area is 172 Å². The number of allylic oxidation sites excluding steroid dienone is 1. The molecule has 2 aromatic rings. The van der Waals surface area contributed by atoms with Gasteiger partial charge in [0.05, 0.1) is 30.4 Å². The van der Waals surface area contributed by atoms with Crippen molar-refractivity contribution in [3.8, 4) is 0 Å².